The summed E-state index contributed by atoms with van der Waals surface area (Å²) < 4.78 is 14.0. The lowest BCUT2D eigenvalue weighted by atomic mass is 10.1. The Balaban J connectivity index is -0.000000336. The Morgan fingerprint density at radius 2 is 1.29 bits per heavy atom. The summed E-state index contributed by atoms with van der Waals surface area (Å²) in [7, 11) is 0. The van der Waals surface area contributed by atoms with Crippen LogP contribution in [0.5, 0.6) is 0 Å². The molecule has 28 heavy (non-hydrogen) atoms. The second-order valence-electron chi connectivity index (χ2n) is 6.46. The number of rotatable bonds is 11. The van der Waals surface area contributed by atoms with Crippen molar-refractivity contribution in [1.29, 1.82) is 0 Å². The van der Waals surface area contributed by atoms with Crippen molar-refractivity contribution in [1.82, 2.24) is 0 Å². The van der Waals surface area contributed by atoms with Crippen LogP contribution in [0.15, 0.2) is 0 Å². The van der Waals surface area contributed by atoms with Crippen molar-refractivity contribution in [3.63, 3.8) is 0 Å². The average Bonchev–Trinajstić information content (AvgIpc) is 2.55. The molecule has 0 aromatic carbocycles. The standard InChI is InChI=1S/C8H16O2.C7H14O2.C6H10O3/c1-3-5-6-7-8(9)10-4-2;1-4-9-7(8)5-6(2)3;1-5(7)3-4-9-6(2)8/h3-7H2,1-2H3;6H,4-5H2,1-3H3;3-4H2,1-2H3. The molecule has 0 spiro atoms. The normalized spacial score (nSPS) is 9.29. The van der Waals surface area contributed by atoms with Gasteiger partial charge in [-0.05, 0) is 33.1 Å². The molecule has 0 unspecified atom stereocenters. The van der Waals surface area contributed by atoms with Crippen molar-refractivity contribution in [3.8, 4) is 0 Å². The molecule has 0 aliphatic rings. The first-order chi connectivity index (χ1) is 13.1. The molecule has 0 saturated heterocycles. The van der Waals surface area contributed by atoms with Crippen molar-refractivity contribution in [2.75, 3.05) is 19.8 Å². The van der Waals surface area contributed by atoms with E-state index in [1.165, 1.54) is 13.8 Å². The molecular formula is C21H40O7. The second kappa shape index (κ2) is 23.1. The van der Waals surface area contributed by atoms with Crippen LogP contribution in [0.25, 0.3) is 0 Å². The summed E-state index contributed by atoms with van der Waals surface area (Å²) in [5.74, 6) is -0.0417. The van der Waals surface area contributed by atoms with Gasteiger partial charge in [-0.25, -0.2) is 0 Å². The third-order valence-corrected chi connectivity index (χ3v) is 2.93. The maximum absolute atomic E-state index is 10.7. The van der Waals surface area contributed by atoms with Crippen molar-refractivity contribution in [2.24, 2.45) is 5.92 Å². The van der Waals surface area contributed by atoms with Crippen molar-refractivity contribution >= 4 is 23.7 Å². The molecule has 0 saturated carbocycles. The molecule has 0 radical (unpaired) electrons. The lowest BCUT2D eigenvalue weighted by Gasteiger charge is -2.02. The molecule has 0 aromatic rings. The van der Waals surface area contributed by atoms with Gasteiger partial charge in [0, 0.05) is 26.2 Å². The number of hydrogen-bond donors (Lipinski definition) is 0. The molecule has 0 heterocycles. The highest BCUT2D eigenvalue weighted by atomic mass is 16.5. The first-order valence-corrected chi connectivity index (χ1v) is 10.0. The number of unbranched alkanes of at least 4 members (excludes halogenated alkanes) is 2. The Morgan fingerprint density at radius 1 is 0.750 bits per heavy atom. The van der Waals surface area contributed by atoms with E-state index in [4.69, 9.17) is 9.47 Å². The maximum Gasteiger partial charge on any atom is 0.306 e. The fraction of sp³-hybridized carbons (Fsp3) is 0.810. The Bertz CT molecular complexity index is 403. The fourth-order valence-corrected chi connectivity index (χ4v) is 1.64. The van der Waals surface area contributed by atoms with Crippen LogP contribution in [0.1, 0.15) is 87.0 Å². The number of ketones is 1. The predicted molar refractivity (Wildman–Crippen MR) is 109 cm³/mol. The number of esters is 3. The highest BCUT2D eigenvalue weighted by Crippen LogP contribution is 2.00. The van der Waals surface area contributed by atoms with Gasteiger partial charge in [0.25, 0.3) is 0 Å². The molecule has 7 heteroatoms. The molecule has 0 bridgehead atoms. The van der Waals surface area contributed by atoms with Crippen LogP contribution in [0.2, 0.25) is 0 Å². The molecule has 7 nitrogen and oxygen atoms in total. The van der Waals surface area contributed by atoms with E-state index < -0.39 is 0 Å². The lowest BCUT2D eigenvalue weighted by Crippen LogP contribution is -2.06. The van der Waals surface area contributed by atoms with Crippen LogP contribution >= 0.6 is 0 Å². The van der Waals surface area contributed by atoms with Gasteiger partial charge in [-0.1, -0.05) is 33.6 Å². The zero-order valence-corrected chi connectivity index (χ0v) is 18.8. The number of hydrogen-bond acceptors (Lipinski definition) is 7. The topological polar surface area (TPSA) is 96.0 Å². The molecule has 0 N–H and O–H groups in total. The first kappa shape index (κ1) is 30.8. The predicted octanol–water partition coefficient (Wildman–Crippen LogP) is 4.25. The molecule has 0 aliphatic heterocycles. The van der Waals surface area contributed by atoms with Gasteiger partial charge in [0.05, 0.1) is 19.8 Å². The largest absolute Gasteiger partial charge is 0.466 e. The smallest absolute Gasteiger partial charge is 0.306 e. The molecule has 0 fully saturated rings. The number of carbonyl (C=O) groups excluding carboxylic acids is 4. The molecule has 166 valence electrons. The van der Waals surface area contributed by atoms with E-state index in [-0.39, 0.29) is 30.3 Å². The van der Waals surface area contributed by atoms with Crippen LogP contribution in [-0.2, 0) is 33.4 Å². The number of carbonyl (C=O) groups is 4. The maximum atomic E-state index is 10.7. The molecule has 0 rings (SSSR count). The van der Waals surface area contributed by atoms with E-state index in [0.717, 1.165) is 19.3 Å². The van der Waals surface area contributed by atoms with E-state index in [1.807, 2.05) is 27.7 Å². The van der Waals surface area contributed by atoms with Crippen LogP contribution in [0, 0.1) is 5.92 Å². The molecule has 0 amide bonds. The minimum absolute atomic E-state index is 0.0382. The van der Waals surface area contributed by atoms with E-state index >= 15 is 0 Å². The number of Topliss-reactive ketones (excluding diaryl/α,β-unsaturated/α-hetero) is 1. The Morgan fingerprint density at radius 3 is 1.68 bits per heavy atom. The van der Waals surface area contributed by atoms with Crippen LogP contribution < -0.4 is 0 Å². The van der Waals surface area contributed by atoms with Crippen LogP contribution in [0.3, 0.4) is 0 Å². The minimum atomic E-state index is -0.337. The van der Waals surface area contributed by atoms with Gasteiger partial charge < -0.3 is 14.2 Å². The van der Waals surface area contributed by atoms with Crippen molar-refractivity contribution in [3.05, 3.63) is 0 Å². The SMILES string of the molecule is CC(=O)CCOC(C)=O.CCCCCC(=O)OCC.CCOC(=O)CC(C)C. The quantitative estimate of drug-likeness (QED) is 0.288. The second-order valence-corrected chi connectivity index (χ2v) is 6.46. The van der Waals surface area contributed by atoms with Gasteiger partial charge in [0.15, 0.2) is 0 Å². The third kappa shape index (κ3) is 35.2. The summed E-state index contributed by atoms with van der Waals surface area (Å²) in [6.45, 7) is 13.7. The Kier molecular flexibility index (Phi) is 25.4. The lowest BCUT2D eigenvalue weighted by molar-refractivity contribution is -0.144. The molecule has 0 atom stereocenters. The average molecular weight is 405 g/mol. The third-order valence-electron chi connectivity index (χ3n) is 2.93. The summed E-state index contributed by atoms with van der Waals surface area (Å²) in [4.78, 5) is 41.7. The summed E-state index contributed by atoms with van der Waals surface area (Å²) in [5, 5.41) is 0. The zero-order valence-electron chi connectivity index (χ0n) is 18.8. The van der Waals surface area contributed by atoms with Crippen molar-refractivity contribution < 1.29 is 33.4 Å². The Labute approximate surface area is 170 Å². The monoisotopic (exact) mass is 404 g/mol. The molecular weight excluding hydrogens is 364 g/mol. The minimum Gasteiger partial charge on any atom is -0.466 e. The van der Waals surface area contributed by atoms with Gasteiger partial charge in [0.2, 0.25) is 0 Å². The summed E-state index contributed by atoms with van der Waals surface area (Å²) in [6.07, 6.45) is 4.68. The van der Waals surface area contributed by atoms with Gasteiger partial charge in [0.1, 0.15) is 5.78 Å². The van der Waals surface area contributed by atoms with E-state index in [9.17, 15) is 19.2 Å². The number of ether oxygens (including phenoxy) is 3. The van der Waals surface area contributed by atoms with E-state index in [1.54, 1.807) is 0 Å². The van der Waals surface area contributed by atoms with Gasteiger partial charge in [-0.3, -0.25) is 19.2 Å². The van der Waals surface area contributed by atoms with Gasteiger partial charge in [-0.15, -0.1) is 0 Å². The van der Waals surface area contributed by atoms with Crippen LogP contribution in [0.4, 0.5) is 0 Å². The summed E-state index contributed by atoms with van der Waals surface area (Å²) in [5.41, 5.74) is 0. The first-order valence-electron chi connectivity index (χ1n) is 10.0. The Hall–Kier alpha value is -1.92. The van der Waals surface area contributed by atoms with Crippen molar-refractivity contribution in [2.45, 2.75) is 87.0 Å². The highest BCUT2D eigenvalue weighted by molar-refractivity contribution is 5.76. The van der Waals surface area contributed by atoms with Gasteiger partial charge >= 0.3 is 17.9 Å². The fourth-order valence-electron chi connectivity index (χ4n) is 1.64. The van der Waals surface area contributed by atoms with E-state index in [0.29, 0.717) is 38.4 Å². The summed E-state index contributed by atoms with van der Waals surface area (Å²) in [6, 6.07) is 0. The summed E-state index contributed by atoms with van der Waals surface area (Å²) >= 11 is 0. The van der Waals surface area contributed by atoms with Crippen LogP contribution in [-0.4, -0.2) is 43.5 Å². The molecule has 0 aliphatic carbocycles. The highest BCUT2D eigenvalue weighted by Gasteiger charge is 2.03. The van der Waals surface area contributed by atoms with E-state index in [2.05, 4.69) is 11.7 Å². The molecule has 0 aromatic heterocycles. The van der Waals surface area contributed by atoms with Gasteiger partial charge in [-0.2, -0.15) is 0 Å². The zero-order chi connectivity index (χ0) is 22.4.